The number of fused-ring (bicyclic) bond motifs is 1. The molecule has 0 saturated heterocycles. The Labute approximate surface area is 182 Å². The first-order valence-electron chi connectivity index (χ1n) is 10.6. The third kappa shape index (κ3) is 5.00. The summed E-state index contributed by atoms with van der Waals surface area (Å²) in [5.41, 5.74) is 4.53. The molecule has 0 radical (unpaired) electrons. The molecule has 1 amide bonds. The van der Waals surface area contributed by atoms with Gasteiger partial charge in [-0.05, 0) is 35.4 Å². The molecule has 0 bridgehead atoms. The summed E-state index contributed by atoms with van der Waals surface area (Å²) in [4.78, 5) is 33.3. The van der Waals surface area contributed by atoms with Crippen molar-refractivity contribution < 1.29 is 4.79 Å². The van der Waals surface area contributed by atoms with E-state index in [0.717, 1.165) is 40.9 Å². The maximum absolute atomic E-state index is 12.8. The van der Waals surface area contributed by atoms with Crippen LogP contribution in [-0.2, 0) is 19.5 Å². The van der Waals surface area contributed by atoms with Crippen LogP contribution in [0, 0.1) is 5.41 Å². The monoisotopic (exact) mass is 413 g/mol. The molecule has 158 valence electrons. The molecule has 1 heterocycles. The zero-order chi connectivity index (χ0) is 21.8. The fourth-order valence-corrected chi connectivity index (χ4v) is 4.01. The van der Waals surface area contributed by atoms with Crippen LogP contribution in [0.3, 0.4) is 0 Å². The number of nitrogens with zero attached hydrogens (tertiary/aromatic N) is 1. The quantitative estimate of drug-likeness (QED) is 0.656. The number of amides is 1. The van der Waals surface area contributed by atoms with Gasteiger partial charge < -0.3 is 10.3 Å². The van der Waals surface area contributed by atoms with Gasteiger partial charge in [0.1, 0.15) is 5.56 Å². The highest BCUT2D eigenvalue weighted by Gasteiger charge is 2.31. The van der Waals surface area contributed by atoms with Gasteiger partial charge in [0.2, 0.25) is 0 Å². The first kappa shape index (κ1) is 20.8. The molecule has 0 fully saturated rings. The molecular weight excluding hydrogens is 386 g/mol. The largest absolute Gasteiger partial charge is 0.348 e. The Morgan fingerprint density at radius 1 is 1.00 bits per heavy atom. The molecule has 0 spiro atoms. The van der Waals surface area contributed by atoms with Crippen molar-refractivity contribution in [2.24, 2.45) is 10.4 Å². The predicted molar refractivity (Wildman–Crippen MR) is 123 cm³/mol. The molecule has 31 heavy (non-hydrogen) atoms. The first-order valence-corrected chi connectivity index (χ1v) is 10.6. The lowest BCUT2D eigenvalue weighted by Gasteiger charge is -2.32. The van der Waals surface area contributed by atoms with E-state index in [9.17, 15) is 9.59 Å². The van der Waals surface area contributed by atoms with Gasteiger partial charge in [0, 0.05) is 23.5 Å². The molecule has 2 aromatic carbocycles. The van der Waals surface area contributed by atoms with E-state index in [0.29, 0.717) is 13.1 Å². The standard InChI is InChI=1S/C26H27N3O2/c1-26(2)14-22(27-16-18-9-5-3-6-10-18)20-13-21(25(31)29-23(20)15-26)24(30)28-17-19-11-7-4-8-12-19/h3-13H,14-17H2,1-2H3,(H,28,30)(H,29,31). The highest BCUT2D eigenvalue weighted by Crippen LogP contribution is 2.34. The summed E-state index contributed by atoms with van der Waals surface area (Å²) in [7, 11) is 0. The van der Waals surface area contributed by atoms with E-state index in [1.165, 1.54) is 0 Å². The Bertz CT molecular complexity index is 1160. The number of H-pyrrole nitrogens is 1. The lowest BCUT2D eigenvalue weighted by molar-refractivity contribution is 0.0949. The average Bonchev–Trinajstić information content (AvgIpc) is 2.76. The number of carbonyl (C=O) groups excluding carboxylic acids is 1. The number of rotatable bonds is 5. The van der Waals surface area contributed by atoms with Crippen molar-refractivity contribution in [3.8, 4) is 0 Å². The van der Waals surface area contributed by atoms with Gasteiger partial charge in [-0.2, -0.15) is 0 Å². The minimum Gasteiger partial charge on any atom is -0.348 e. The van der Waals surface area contributed by atoms with Crippen LogP contribution in [0.5, 0.6) is 0 Å². The third-order valence-electron chi connectivity index (χ3n) is 5.57. The minimum absolute atomic E-state index is 0.0114. The molecule has 0 atom stereocenters. The molecule has 2 N–H and O–H groups in total. The van der Waals surface area contributed by atoms with Crippen LogP contribution in [0.2, 0.25) is 0 Å². The number of hydrogen-bond acceptors (Lipinski definition) is 3. The molecule has 3 aromatic rings. The molecular formula is C26H27N3O2. The van der Waals surface area contributed by atoms with E-state index in [4.69, 9.17) is 4.99 Å². The van der Waals surface area contributed by atoms with Crippen molar-refractivity contribution >= 4 is 11.6 Å². The second-order valence-electron chi connectivity index (χ2n) is 8.84. The van der Waals surface area contributed by atoms with Crippen molar-refractivity contribution in [3.05, 3.63) is 105 Å². The molecule has 4 rings (SSSR count). The topological polar surface area (TPSA) is 74.3 Å². The minimum atomic E-state index is -0.375. The Balaban J connectivity index is 1.63. The summed E-state index contributed by atoms with van der Waals surface area (Å²) in [6.07, 6.45) is 1.54. The van der Waals surface area contributed by atoms with Gasteiger partial charge in [-0.15, -0.1) is 0 Å². The third-order valence-corrected chi connectivity index (χ3v) is 5.57. The summed E-state index contributed by atoms with van der Waals surface area (Å²) in [5, 5.41) is 2.85. The van der Waals surface area contributed by atoms with Crippen molar-refractivity contribution in [1.82, 2.24) is 10.3 Å². The van der Waals surface area contributed by atoms with Gasteiger partial charge in [0.05, 0.1) is 6.54 Å². The summed E-state index contributed by atoms with van der Waals surface area (Å²) >= 11 is 0. The Hall–Kier alpha value is -3.47. The lowest BCUT2D eigenvalue weighted by Crippen LogP contribution is -2.34. The first-order chi connectivity index (χ1) is 14.9. The normalized spacial score (nSPS) is 16.0. The molecule has 1 aromatic heterocycles. The van der Waals surface area contributed by atoms with E-state index in [-0.39, 0.29) is 22.4 Å². The predicted octanol–water partition coefficient (Wildman–Crippen LogP) is 4.27. The van der Waals surface area contributed by atoms with Crippen LogP contribution in [-0.4, -0.2) is 16.6 Å². The second-order valence-corrected chi connectivity index (χ2v) is 8.84. The van der Waals surface area contributed by atoms with E-state index < -0.39 is 0 Å². The molecule has 5 nitrogen and oxygen atoms in total. The summed E-state index contributed by atoms with van der Waals surface area (Å²) in [5.74, 6) is -0.375. The number of aliphatic imine (C=N–C) groups is 1. The Kier molecular flexibility index (Phi) is 5.85. The van der Waals surface area contributed by atoms with E-state index in [1.807, 2.05) is 60.7 Å². The fraction of sp³-hybridized carbons (Fsp3) is 0.269. The number of benzene rings is 2. The molecule has 0 unspecified atom stereocenters. The Morgan fingerprint density at radius 3 is 2.32 bits per heavy atom. The number of nitrogens with one attached hydrogen (secondary N) is 2. The summed E-state index contributed by atoms with van der Waals surface area (Å²) < 4.78 is 0. The van der Waals surface area contributed by atoms with Gasteiger partial charge in [0.15, 0.2) is 0 Å². The lowest BCUT2D eigenvalue weighted by atomic mass is 9.75. The van der Waals surface area contributed by atoms with Crippen molar-refractivity contribution in [2.75, 3.05) is 0 Å². The summed E-state index contributed by atoms with van der Waals surface area (Å²) in [6.45, 7) is 5.29. The molecule has 1 aliphatic carbocycles. The van der Waals surface area contributed by atoms with Gasteiger partial charge in [-0.1, -0.05) is 74.5 Å². The number of pyridine rings is 1. The van der Waals surface area contributed by atoms with Crippen LogP contribution in [0.25, 0.3) is 0 Å². The summed E-state index contributed by atoms with van der Waals surface area (Å²) in [6, 6.07) is 21.5. The Morgan fingerprint density at radius 2 is 1.65 bits per heavy atom. The zero-order valence-corrected chi connectivity index (χ0v) is 17.9. The van der Waals surface area contributed by atoms with Crippen molar-refractivity contribution in [3.63, 3.8) is 0 Å². The van der Waals surface area contributed by atoms with Gasteiger partial charge in [-0.25, -0.2) is 0 Å². The van der Waals surface area contributed by atoms with Crippen LogP contribution >= 0.6 is 0 Å². The number of hydrogen-bond donors (Lipinski definition) is 2. The van der Waals surface area contributed by atoms with Gasteiger partial charge in [0.25, 0.3) is 11.5 Å². The molecule has 0 saturated carbocycles. The van der Waals surface area contributed by atoms with E-state index in [2.05, 4.69) is 24.1 Å². The number of carbonyl (C=O) groups is 1. The van der Waals surface area contributed by atoms with Crippen molar-refractivity contribution in [2.45, 2.75) is 39.8 Å². The smallest absolute Gasteiger partial charge is 0.261 e. The van der Waals surface area contributed by atoms with E-state index >= 15 is 0 Å². The van der Waals surface area contributed by atoms with Crippen LogP contribution < -0.4 is 10.9 Å². The number of aromatic nitrogens is 1. The maximum atomic E-state index is 12.8. The van der Waals surface area contributed by atoms with E-state index in [1.54, 1.807) is 6.07 Å². The highest BCUT2D eigenvalue weighted by atomic mass is 16.2. The maximum Gasteiger partial charge on any atom is 0.261 e. The fourth-order valence-electron chi connectivity index (χ4n) is 4.01. The average molecular weight is 414 g/mol. The van der Waals surface area contributed by atoms with Crippen LogP contribution in [0.15, 0.2) is 76.5 Å². The van der Waals surface area contributed by atoms with Gasteiger partial charge in [-0.3, -0.25) is 14.6 Å². The van der Waals surface area contributed by atoms with Crippen LogP contribution in [0.1, 0.15) is 53.0 Å². The molecule has 1 aliphatic rings. The van der Waals surface area contributed by atoms with Crippen molar-refractivity contribution in [1.29, 1.82) is 0 Å². The number of aromatic amines is 1. The van der Waals surface area contributed by atoms with Gasteiger partial charge >= 0.3 is 0 Å². The second kappa shape index (κ2) is 8.72. The zero-order valence-electron chi connectivity index (χ0n) is 17.9. The highest BCUT2D eigenvalue weighted by molar-refractivity contribution is 6.05. The van der Waals surface area contributed by atoms with Crippen LogP contribution in [0.4, 0.5) is 0 Å². The SMILES string of the molecule is CC1(C)CC(=NCc2ccccc2)c2cc(C(=O)NCc3ccccc3)c(=O)[nH]c2C1. The molecule has 0 aliphatic heterocycles. The molecule has 5 heteroatoms.